The summed E-state index contributed by atoms with van der Waals surface area (Å²) >= 11 is 0. The molecule has 3 rings (SSSR count). The number of carbonyl (C=O) groups is 3. The molecule has 1 spiro atoms. The monoisotopic (exact) mass is 438 g/mol. The zero-order chi connectivity index (χ0) is 22.3. The molecule has 1 unspecified atom stereocenters. The van der Waals surface area contributed by atoms with Gasteiger partial charge in [0.05, 0.1) is 11.5 Å². The van der Waals surface area contributed by atoms with Crippen LogP contribution >= 0.6 is 0 Å². The summed E-state index contributed by atoms with van der Waals surface area (Å²) in [6, 6.07) is 1.81. The Labute approximate surface area is 165 Å². The molecule has 0 radical (unpaired) electrons. The minimum Gasteiger partial charge on any atom is -0.447 e. The average molecular weight is 438 g/mol. The number of hydrogen-bond donors (Lipinski definition) is 2. The van der Waals surface area contributed by atoms with Crippen molar-refractivity contribution in [2.45, 2.75) is 49.7 Å². The van der Waals surface area contributed by atoms with E-state index in [4.69, 9.17) is 0 Å². The first-order chi connectivity index (χ1) is 13.8. The highest BCUT2D eigenvalue weighted by Crippen LogP contribution is 2.41. The molecule has 1 heterocycles. The van der Waals surface area contributed by atoms with Crippen LogP contribution in [0.25, 0.3) is 0 Å². The lowest BCUT2D eigenvalue weighted by Gasteiger charge is -2.34. The fourth-order valence-electron chi connectivity index (χ4n) is 3.64. The molecule has 1 aliphatic carbocycles. The predicted molar refractivity (Wildman–Crippen MR) is 87.7 cm³/mol. The molecule has 30 heavy (non-hydrogen) atoms. The largest absolute Gasteiger partial charge is 0.447 e. The van der Waals surface area contributed by atoms with E-state index in [1.165, 1.54) is 0 Å². The number of urea groups is 1. The van der Waals surface area contributed by atoms with Gasteiger partial charge in [-0.15, -0.1) is 0 Å². The molecule has 2 fully saturated rings. The lowest BCUT2D eigenvalue weighted by Crippen LogP contribution is -2.50. The van der Waals surface area contributed by atoms with Crippen molar-refractivity contribution >= 4 is 17.9 Å². The molecular weight excluding hydrogens is 422 g/mol. The molecule has 2 N–H and O–H groups in total. The van der Waals surface area contributed by atoms with Crippen LogP contribution < -0.4 is 10.6 Å². The Morgan fingerprint density at radius 3 is 2.23 bits per heavy atom. The number of benzene rings is 1. The predicted octanol–water partition coefficient (Wildman–Crippen LogP) is 3.62. The molecule has 1 aromatic carbocycles. The van der Waals surface area contributed by atoms with Gasteiger partial charge < -0.3 is 10.1 Å². The minimum atomic E-state index is -5.13. The summed E-state index contributed by atoms with van der Waals surface area (Å²) in [5.74, 6) is -2.79. The maximum Gasteiger partial charge on any atom is 0.429 e. The molecule has 0 bridgehead atoms. The zero-order valence-electron chi connectivity index (χ0n) is 15.2. The van der Waals surface area contributed by atoms with E-state index in [0.717, 1.165) is 12.1 Å². The van der Waals surface area contributed by atoms with Crippen LogP contribution in [0.4, 0.5) is 31.1 Å². The Morgan fingerprint density at radius 1 is 1.10 bits per heavy atom. The number of imide groups is 1. The molecular formula is C18H16F6N2O4. The van der Waals surface area contributed by atoms with Gasteiger partial charge in [-0.1, -0.05) is 12.1 Å². The van der Waals surface area contributed by atoms with Crippen LogP contribution in [0.5, 0.6) is 0 Å². The number of ether oxygens (including phenoxy) is 1. The van der Waals surface area contributed by atoms with Crippen LogP contribution in [0.15, 0.2) is 24.3 Å². The van der Waals surface area contributed by atoms with Gasteiger partial charge in [-0.2, -0.15) is 26.3 Å². The second kappa shape index (κ2) is 7.47. The van der Waals surface area contributed by atoms with Gasteiger partial charge in [0.1, 0.15) is 5.54 Å². The first-order valence-corrected chi connectivity index (χ1v) is 8.90. The molecule has 1 aliphatic heterocycles. The van der Waals surface area contributed by atoms with Crippen LogP contribution in [0.2, 0.25) is 0 Å². The van der Waals surface area contributed by atoms with E-state index in [0.29, 0.717) is 12.1 Å². The molecule has 1 saturated heterocycles. The quantitative estimate of drug-likeness (QED) is 0.429. The Hall–Kier alpha value is -2.79. The van der Waals surface area contributed by atoms with E-state index in [2.05, 4.69) is 15.4 Å². The van der Waals surface area contributed by atoms with Crippen molar-refractivity contribution in [2.75, 3.05) is 0 Å². The second-order valence-corrected chi connectivity index (χ2v) is 7.25. The van der Waals surface area contributed by atoms with Gasteiger partial charge in [0.15, 0.2) is 0 Å². The zero-order valence-corrected chi connectivity index (χ0v) is 15.2. The average Bonchev–Trinajstić information content (AvgIpc) is 2.91. The van der Waals surface area contributed by atoms with Gasteiger partial charge in [-0.3, -0.25) is 14.9 Å². The number of alkyl halides is 6. The first kappa shape index (κ1) is 21.9. The Bertz CT molecular complexity index is 859. The Morgan fingerprint density at radius 2 is 1.73 bits per heavy atom. The van der Waals surface area contributed by atoms with Crippen LogP contribution in [0, 0.1) is 5.92 Å². The molecule has 1 saturated carbocycles. The van der Waals surface area contributed by atoms with E-state index in [-0.39, 0.29) is 25.7 Å². The van der Waals surface area contributed by atoms with Gasteiger partial charge in [-0.25, -0.2) is 4.79 Å². The van der Waals surface area contributed by atoms with Crippen molar-refractivity contribution in [3.05, 3.63) is 35.4 Å². The second-order valence-electron chi connectivity index (χ2n) is 7.25. The van der Waals surface area contributed by atoms with Gasteiger partial charge in [0.2, 0.25) is 6.10 Å². The number of rotatable bonds is 3. The maximum absolute atomic E-state index is 13.4. The molecule has 12 heteroatoms. The summed E-state index contributed by atoms with van der Waals surface area (Å²) in [7, 11) is 0. The van der Waals surface area contributed by atoms with E-state index >= 15 is 0 Å². The van der Waals surface area contributed by atoms with Gasteiger partial charge >= 0.3 is 24.4 Å². The number of amides is 3. The minimum absolute atomic E-state index is 0.0184. The van der Waals surface area contributed by atoms with Crippen molar-refractivity contribution in [1.29, 1.82) is 0 Å². The Balaban J connectivity index is 1.73. The molecule has 1 aromatic rings. The molecule has 2 aliphatic rings. The number of hydrogen-bond acceptors (Lipinski definition) is 4. The molecule has 6 nitrogen and oxygen atoms in total. The maximum atomic E-state index is 13.4. The van der Waals surface area contributed by atoms with Crippen LogP contribution in [-0.2, 0) is 20.5 Å². The van der Waals surface area contributed by atoms with Crippen molar-refractivity contribution < 1.29 is 45.5 Å². The SMILES string of the molecule is O=C1NC(=O)C2(CCC(C(=O)OC(c3cccc(C(F)(F)F)c3)C(F)(F)F)CC2)N1. The molecule has 0 aromatic heterocycles. The highest BCUT2D eigenvalue weighted by molar-refractivity contribution is 6.07. The van der Waals surface area contributed by atoms with Crippen molar-refractivity contribution in [1.82, 2.24) is 10.6 Å². The summed E-state index contributed by atoms with van der Waals surface area (Å²) in [5, 5.41) is 4.52. The lowest BCUT2D eigenvalue weighted by molar-refractivity contribution is -0.227. The fraction of sp³-hybridized carbons (Fsp3) is 0.500. The third-order valence-corrected chi connectivity index (χ3v) is 5.24. The smallest absolute Gasteiger partial charge is 0.429 e. The molecule has 3 amide bonds. The third-order valence-electron chi connectivity index (χ3n) is 5.24. The van der Waals surface area contributed by atoms with E-state index in [9.17, 15) is 40.7 Å². The normalized spacial score (nSPS) is 25.6. The lowest BCUT2D eigenvalue weighted by atomic mass is 9.76. The highest BCUT2D eigenvalue weighted by atomic mass is 19.4. The summed E-state index contributed by atoms with van der Waals surface area (Å²) in [6.07, 6.45) is -12.9. The highest BCUT2D eigenvalue weighted by Gasteiger charge is 2.50. The van der Waals surface area contributed by atoms with Crippen LogP contribution in [-0.4, -0.2) is 29.6 Å². The van der Waals surface area contributed by atoms with E-state index in [1.54, 1.807) is 0 Å². The standard InChI is InChI=1S/C18H16F6N2O4/c19-17(20,21)11-3-1-2-10(8-11)12(18(22,23)24)30-13(27)9-4-6-16(7-5-9)14(28)25-15(29)26-16/h1-3,8-9,12H,4-7H2,(H2,25,26,28,29). The van der Waals surface area contributed by atoms with E-state index in [1.807, 2.05) is 0 Å². The molecule has 1 atom stereocenters. The van der Waals surface area contributed by atoms with Crippen molar-refractivity contribution in [3.63, 3.8) is 0 Å². The first-order valence-electron chi connectivity index (χ1n) is 8.90. The van der Waals surface area contributed by atoms with Crippen LogP contribution in [0.1, 0.15) is 42.9 Å². The summed E-state index contributed by atoms with van der Waals surface area (Å²) in [5.41, 5.74) is -3.36. The van der Waals surface area contributed by atoms with E-state index < -0.39 is 58.9 Å². The Kier molecular flexibility index (Phi) is 5.46. The number of nitrogens with one attached hydrogen (secondary N) is 2. The van der Waals surface area contributed by atoms with Gasteiger partial charge in [0.25, 0.3) is 5.91 Å². The summed E-state index contributed by atoms with van der Waals surface area (Å²) in [4.78, 5) is 35.5. The van der Waals surface area contributed by atoms with Gasteiger partial charge in [0, 0.05) is 5.56 Å². The molecule has 164 valence electrons. The van der Waals surface area contributed by atoms with Crippen molar-refractivity contribution in [2.24, 2.45) is 5.92 Å². The number of esters is 1. The van der Waals surface area contributed by atoms with Crippen molar-refractivity contribution in [3.8, 4) is 0 Å². The third kappa shape index (κ3) is 4.36. The number of carbonyl (C=O) groups excluding carboxylic acids is 3. The topological polar surface area (TPSA) is 84.5 Å². The van der Waals surface area contributed by atoms with Gasteiger partial charge in [-0.05, 0) is 37.8 Å². The number of halogens is 6. The van der Waals surface area contributed by atoms with Crippen LogP contribution in [0.3, 0.4) is 0 Å². The summed E-state index contributed by atoms with van der Waals surface area (Å²) in [6.45, 7) is 0. The summed E-state index contributed by atoms with van der Waals surface area (Å²) < 4.78 is 83.4. The fourth-order valence-corrected chi connectivity index (χ4v) is 3.64.